The van der Waals surface area contributed by atoms with E-state index in [-0.39, 0.29) is 29.4 Å². The van der Waals surface area contributed by atoms with Crippen LogP contribution in [-0.4, -0.2) is 37.0 Å². The summed E-state index contributed by atoms with van der Waals surface area (Å²) in [6.45, 7) is 1.57. The maximum absolute atomic E-state index is 13.7. The monoisotopic (exact) mass is 505 g/mol. The molecule has 2 aromatic rings. The number of halogens is 2. The Hall–Kier alpha value is -3.73. The first-order chi connectivity index (χ1) is 15.3. The summed E-state index contributed by atoms with van der Waals surface area (Å²) in [5.41, 5.74) is 0.157. The van der Waals surface area contributed by atoms with Crippen molar-refractivity contribution in [3.63, 3.8) is 0 Å². The third-order valence-corrected chi connectivity index (χ3v) is 4.67. The fourth-order valence-corrected chi connectivity index (χ4v) is 3.31. The molecule has 0 radical (unpaired) electrons. The molecule has 0 aromatic heterocycles. The summed E-state index contributed by atoms with van der Waals surface area (Å²) < 4.78 is 25.2. The van der Waals surface area contributed by atoms with Crippen molar-refractivity contribution in [3.05, 3.63) is 57.8 Å². The highest BCUT2D eigenvalue weighted by Gasteiger charge is 2.28. The van der Waals surface area contributed by atoms with Gasteiger partial charge in [0.25, 0.3) is 17.7 Å². The van der Waals surface area contributed by atoms with Crippen LogP contribution in [0.3, 0.4) is 0 Å². The number of rotatable bonds is 7. The van der Waals surface area contributed by atoms with Crippen LogP contribution in [0.4, 0.5) is 14.9 Å². The van der Waals surface area contributed by atoms with Crippen molar-refractivity contribution in [3.8, 4) is 11.5 Å². The van der Waals surface area contributed by atoms with E-state index in [0.717, 1.165) is 0 Å². The van der Waals surface area contributed by atoms with Crippen molar-refractivity contribution in [2.24, 2.45) is 0 Å². The van der Waals surface area contributed by atoms with Gasteiger partial charge >= 0.3 is 6.03 Å². The number of urea groups is 1. The lowest BCUT2D eigenvalue weighted by Gasteiger charge is -2.16. The number of nitrogens with one attached hydrogen (secondary N) is 3. The summed E-state index contributed by atoms with van der Waals surface area (Å²) in [5.74, 6) is -2.40. The van der Waals surface area contributed by atoms with E-state index >= 15 is 0 Å². The van der Waals surface area contributed by atoms with E-state index < -0.39 is 36.2 Å². The first kappa shape index (κ1) is 22.9. The SMILES string of the molecule is CCOc1cc(C=C2C(=O)NC(=O)NC2=O)cc(Br)c1OCC(=O)Nc1ccccc1F. The molecule has 3 N–H and O–H groups in total. The minimum Gasteiger partial charge on any atom is -0.490 e. The molecular weight excluding hydrogens is 489 g/mol. The predicted octanol–water partition coefficient (Wildman–Crippen LogP) is 2.75. The molecule has 1 heterocycles. The molecule has 0 atom stereocenters. The average Bonchev–Trinajstić information content (AvgIpc) is 2.72. The van der Waals surface area contributed by atoms with Crippen molar-refractivity contribution in [1.29, 1.82) is 0 Å². The van der Waals surface area contributed by atoms with Gasteiger partial charge in [-0.3, -0.25) is 25.0 Å². The molecular formula is C21H17BrFN3O6. The minimum absolute atomic E-state index is 0.0229. The molecule has 3 rings (SSSR count). The number of carbonyl (C=O) groups is 4. The van der Waals surface area contributed by atoms with Crippen molar-refractivity contribution < 1.29 is 33.0 Å². The summed E-state index contributed by atoms with van der Waals surface area (Å²) in [5, 5.41) is 6.38. The number of imide groups is 2. The largest absolute Gasteiger partial charge is 0.490 e. The lowest BCUT2D eigenvalue weighted by molar-refractivity contribution is -0.124. The topological polar surface area (TPSA) is 123 Å². The third kappa shape index (κ3) is 5.49. The van der Waals surface area contributed by atoms with Crippen LogP contribution < -0.4 is 25.4 Å². The molecule has 9 nitrogen and oxygen atoms in total. The number of amides is 5. The zero-order valence-corrected chi connectivity index (χ0v) is 18.2. The number of carbonyl (C=O) groups excluding carboxylic acids is 4. The first-order valence-electron chi connectivity index (χ1n) is 9.30. The maximum atomic E-state index is 13.7. The Morgan fingerprint density at radius 3 is 2.47 bits per heavy atom. The Morgan fingerprint density at radius 1 is 1.12 bits per heavy atom. The number of hydrogen-bond acceptors (Lipinski definition) is 6. The first-order valence-corrected chi connectivity index (χ1v) is 10.1. The lowest BCUT2D eigenvalue weighted by Crippen LogP contribution is -2.51. The van der Waals surface area contributed by atoms with Crippen molar-refractivity contribution >= 4 is 51.4 Å². The van der Waals surface area contributed by atoms with Gasteiger partial charge in [0.1, 0.15) is 11.4 Å². The van der Waals surface area contributed by atoms with Gasteiger partial charge in [-0.2, -0.15) is 0 Å². The number of anilines is 1. The third-order valence-electron chi connectivity index (χ3n) is 4.08. The van der Waals surface area contributed by atoms with Crippen LogP contribution in [0.25, 0.3) is 6.08 Å². The van der Waals surface area contributed by atoms with Gasteiger partial charge in [-0.25, -0.2) is 9.18 Å². The van der Waals surface area contributed by atoms with Gasteiger partial charge in [0, 0.05) is 0 Å². The van der Waals surface area contributed by atoms with E-state index in [1.165, 1.54) is 36.4 Å². The standard InChI is InChI=1S/C21H17BrFN3O6/c1-2-31-16-9-11(7-12-19(28)25-21(30)26-20(12)29)8-13(22)18(16)32-10-17(27)24-15-6-4-3-5-14(15)23/h3-9H,2,10H2,1H3,(H,24,27)(H2,25,26,28,29,30). The maximum Gasteiger partial charge on any atom is 0.328 e. The molecule has 166 valence electrons. The number of ether oxygens (including phenoxy) is 2. The van der Waals surface area contributed by atoms with Crippen LogP contribution in [-0.2, 0) is 14.4 Å². The van der Waals surface area contributed by atoms with Crippen molar-refractivity contribution in [2.45, 2.75) is 6.92 Å². The second-order valence-electron chi connectivity index (χ2n) is 6.38. The minimum atomic E-state index is -0.897. The Balaban J connectivity index is 1.80. The highest BCUT2D eigenvalue weighted by molar-refractivity contribution is 9.10. The van der Waals surface area contributed by atoms with Crippen LogP contribution in [0.15, 0.2) is 46.4 Å². The fraction of sp³-hybridized carbons (Fsp3) is 0.143. The average molecular weight is 506 g/mol. The van der Waals surface area contributed by atoms with Gasteiger partial charge in [0.05, 0.1) is 16.8 Å². The van der Waals surface area contributed by atoms with Gasteiger partial charge < -0.3 is 14.8 Å². The van der Waals surface area contributed by atoms with E-state index in [1.807, 2.05) is 10.6 Å². The molecule has 1 fully saturated rings. The molecule has 5 amide bonds. The predicted molar refractivity (Wildman–Crippen MR) is 115 cm³/mol. The number of barbiturate groups is 1. The normalized spacial score (nSPS) is 13.2. The van der Waals surface area contributed by atoms with Crippen LogP contribution in [0.1, 0.15) is 12.5 Å². The van der Waals surface area contributed by atoms with E-state index in [2.05, 4.69) is 21.2 Å². The van der Waals surface area contributed by atoms with Crippen molar-refractivity contribution in [2.75, 3.05) is 18.5 Å². The van der Waals surface area contributed by atoms with E-state index in [1.54, 1.807) is 13.0 Å². The van der Waals surface area contributed by atoms with Crippen LogP contribution in [0, 0.1) is 5.82 Å². The van der Waals surface area contributed by atoms with E-state index in [9.17, 15) is 23.6 Å². The second-order valence-corrected chi connectivity index (χ2v) is 7.23. The zero-order valence-electron chi connectivity index (χ0n) is 16.7. The van der Waals surface area contributed by atoms with Gasteiger partial charge in [-0.1, -0.05) is 12.1 Å². The molecule has 0 bridgehead atoms. The number of benzene rings is 2. The van der Waals surface area contributed by atoms with Crippen LogP contribution in [0.2, 0.25) is 0 Å². The van der Waals surface area contributed by atoms with Crippen molar-refractivity contribution in [1.82, 2.24) is 10.6 Å². The molecule has 0 spiro atoms. The van der Waals surface area contributed by atoms with Gasteiger partial charge in [-0.05, 0) is 58.8 Å². The molecule has 1 aliphatic heterocycles. The molecule has 1 aliphatic rings. The summed E-state index contributed by atoms with van der Waals surface area (Å²) >= 11 is 3.32. The number of hydrogen-bond donors (Lipinski definition) is 3. The number of para-hydroxylation sites is 1. The highest BCUT2D eigenvalue weighted by atomic mass is 79.9. The van der Waals surface area contributed by atoms with E-state index in [4.69, 9.17) is 9.47 Å². The Morgan fingerprint density at radius 2 is 1.81 bits per heavy atom. The lowest BCUT2D eigenvalue weighted by atomic mass is 10.1. The fourth-order valence-electron chi connectivity index (χ4n) is 2.73. The summed E-state index contributed by atoms with van der Waals surface area (Å²) in [6, 6.07) is 7.87. The van der Waals surface area contributed by atoms with Crippen LogP contribution in [0.5, 0.6) is 11.5 Å². The quantitative estimate of drug-likeness (QED) is 0.392. The Labute approximate surface area is 190 Å². The van der Waals surface area contributed by atoms with Crippen LogP contribution >= 0.6 is 15.9 Å². The summed E-state index contributed by atoms with van der Waals surface area (Å²) in [4.78, 5) is 47.2. The summed E-state index contributed by atoms with van der Waals surface area (Å²) in [7, 11) is 0. The molecule has 0 unspecified atom stereocenters. The molecule has 0 saturated carbocycles. The Kier molecular flexibility index (Phi) is 7.21. The summed E-state index contributed by atoms with van der Waals surface area (Å²) in [6.07, 6.45) is 1.28. The Bertz CT molecular complexity index is 1110. The molecule has 0 aliphatic carbocycles. The molecule has 1 saturated heterocycles. The highest BCUT2D eigenvalue weighted by Crippen LogP contribution is 2.37. The van der Waals surface area contributed by atoms with Gasteiger partial charge in [0.2, 0.25) is 0 Å². The van der Waals surface area contributed by atoms with Gasteiger partial charge in [-0.15, -0.1) is 0 Å². The van der Waals surface area contributed by atoms with Gasteiger partial charge in [0.15, 0.2) is 18.1 Å². The van der Waals surface area contributed by atoms with E-state index in [0.29, 0.717) is 10.0 Å². The zero-order chi connectivity index (χ0) is 23.3. The molecule has 32 heavy (non-hydrogen) atoms. The molecule has 2 aromatic carbocycles. The molecule has 11 heteroatoms. The smallest absolute Gasteiger partial charge is 0.328 e. The second kappa shape index (κ2) is 10.1.